The van der Waals surface area contributed by atoms with Gasteiger partial charge in [0.2, 0.25) is 0 Å². The summed E-state index contributed by atoms with van der Waals surface area (Å²) in [6.45, 7) is 0.597. The number of hydrogen-bond donors (Lipinski definition) is 2. The van der Waals surface area contributed by atoms with Crippen LogP contribution >= 0.6 is 11.8 Å². The first-order valence-corrected chi connectivity index (χ1v) is 5.49. The van der Waals surface area contributed by atoms with Gasteiger partial charge in [0.15, 0.2) is 0 Å². The SMILES string of the molecule is NCCCSc1ccc(F)c(C(=O)O)c1. The van der Waals surface area contributed by atoms with E-state index in [0.717, 1.165) is 17.1 Å². The number of aromatic carboxylic acids is 1. The molecule has 0 aliphatic rings. The lowest BCUT2D eigenvalue weighted by molar-refractivity contribution is 0.0691. The Bertz CT molecular complexity index is 357. The third-order valence-electron chi connectivity index (χ3n) is 1.79. The van der Waals surface area contributed by atoms with Crippen molar-refractivity contribution in [2.24, 2.45) is 5.73 Å². The van der Waals surface area contributed by atoms with Gasteiger partial charge in [0.05, 0.1) is 5.56 Å². The van der Waals surface area contributed by atoms with E-state index in [-0.39, 0.29) is 5.56 Å². The maximum atomic E-state index is 13.0. The fourth-order valence-electron chi connectivity index (χ4n) is 1.03. The van der Waals surface area contributed by atoms with Crippen LogP contribution in [-0.2, 0) is 0 Å². The average molecular weight is 229 g/mol. The minimum absolute atomic E-state index is 0.284. The molecule has 0 bridgehead atoms. The van der Waals surface area contributed by atoms with Crippen molar-refractivity contribution in [1.29, 1.82) is 0 Å². The Kier molecular flexibility index (Phi) is 4.58. The molecule has 0 saturated heterocycles. The van der Waals surface area contributed by atoms with Gasteiger partial charge in [-0.05, 0) is 36.9 Å². The summed E-state index contributed by atoms with van der Waals surface area (Å²) in [6.07, 6.45) is 0.852. The van der Waals surface area contributed by atoms with Crippen molar-refractivity contribution in [2.45, 2.75) is 11.3 Å². The van der Waals surface area contributed by atoms with E-state index in [1.807, 2.05) is 0 Å². The van der Waals surface area contributed by atoms with Crippen molar-refractivity contribution >= 4 is 17.7 Å². The molecule has 0 heterocycles. The summed E-state index contributed by atoms with van der Waals surface area (Å²) in [5.74, 6) is -1.14. The highest BCUT2D eigenvalue weighted by Gasteiger charge is 2.10. The molecule has 15 heavy (non-hydrogen) atoms. The Labute approximate surface area is 91.5 Å². The van der Waals surface area contributed by atoms with Gasteiger partial charge >= 0.3 is 5.97 Å². The van der Waals surface area contributed by atoms with Crippen LogP contribution in [0.4, 0.5) is 4.39 Å². The van der Waals surface area contributed by atoms with Crippen molar-refractivity contribution < 1.29 is 14.3 Å². The molecule has 0 atom stereocenters. The molecule has 1 aromatic carbocycles. The van der Waals surface area contributed by atoms with Gasteiger partial charge in [0.25, 0.3) is 0 Å². The number of hydrogen-bond acceptors (Lipinski definition) is 3. The summed E-state index contributed by atoms with van der Waals surface area (Å²) in [7, 11) is 0. The van der Waals surface area contributed by atoms with E-state index in [9.17, 15) is 9.18 Å². The van der Waals surface area contributed by atoms with Gasteiger partial charge in [0, 0.05) is 4.90 Å². The quantitative estimate of drug-likeness (QED) is 0.598. The summed E-state index contributed by atoms with van der Waals surface area (Å²) in [4.78, 5) is 11.4. The van der Waals surface area contributed by atoms with Gasteiger partial charge in [-0.3, -0.25) is 0 Å². The van der Waals surface area contributed by atoms with Gasteiger partial charge in [0.1, 0.15) is 5.82 Å². The first-order chi connectivity index (χ1) is 7.15. The standard InChI is InChI=1S/C10H12FNO2S/c11-9-3-2-7(15-5-1-4-12)6-8(9)10(13)14/h2-3,6H,1,4-5,12H2,(H,13,14). The van der Waals surface area contributed by atoms with Crippen molar-refractivity contribution in [3.8, 4) is 0 Å². The van der Waals surface area contributed by atoms with E-state index < -0.39 is 11.8 Å². The molecule has 5 heteroatoms. The molecule has 82 valence electrons. The molecule has 0 amide bonds. The number of rotatable bonds is 5. The second kappa shape index (κ2) is 5.72. The molecule has 1 rings (SSSR count). The number of carboxylic acid groups (broad SMARTS) is 1. The lowest BCUT2D eigenvalue weighted by Crippen LogP contribution is -2.01. The highest BCUT2D eigenvalue weighted by Crippen LogP contribution is 2.21. The van der Waals surface area contributed by atoms with Crippen molar-refractivity contribution in [3.63, 3.8) is 0 Å². The average Bonchev–Trinajstić information content (AvgIpc) is 2.20. The van der Waals surface area contributed by atoms with E-state index in [0.29, 0.717) is 6.54 Å². The molecule has 0 radical (unpaired) electrons. The van der Waals surface area contributed by atoms with Crippen LogP contribution in [0.1, 0.15) is 16.8 Å². The van der Waals surface area contributed by atoms with Crippen LogP contribution in [0.5, 0.6) is 0 Å². The summed E-state index contributed by atoms with van der Waals surface area (Å²) in [5.41, 5.74) is 5.04. The van der Waals surface area contributed by atoms with Crippen LogP contribution in [0, 0.1) is 5.82 Å². The Hall–Kier alpha value is -1.07. The molecule has 0 aliphatic heterocycles. The first kappa shape index (κ1) is 12.0. The Balaban J connectivity index is 2.74. The molecule has 0 unspecified atom stereocenters. The third-order valence-corrected chi connectivity index (χ3v) is 2.87. The lowest BCUT2D eigenvalue weighted by atomic mass is 10.2. The van der Waals surface area contributed by atoms with E-state index in [1.165, 1.54) is 23.9 Å². The van der Waals surface area contributed by atoms with E-state index in [1.54, 1.807) is 6.07 Å². The molecule has 0 aliphatic carbocycles. The third kappa shape index (κ3) is 3.53. The lowest BCUT2D eigenvalue weighted by Gasteiger charge is -2.02. The second-order valence-electron chi connectivity index (χ2n) is 2.94. The fourth-order valence-corrected chi connectivity index (χ4v) is 1.94. The number of carboxylic acids is 1. The summed E-state index contributed by atoms with van der Waals surface area (Å²) >= 11 is 1.48. The monoisotopic (exact) mass is 229 g/mol. The molecular weight excluding hydrogens is 217 g/mol. The largest absolute Gasteiger partial charge is 0.478 e. The summed E-state index contributed by atoms with van der Waals surface area (Å²) < 4.78 is 13.0. The maximum Gasteiger partial charge on any atom is 0.338 e. The first-order valence-electron chi connectivity index (χ1n) is 4.51. The molecule has 0 spiro atoms. The molecule has 0 saturated carbocycles. The minimum Gasteiger partial charge on any atom is -0.478 e. The van der Waals surface area contributed by atoms with Gasteiger partial charge in [-0.25, -0.2) is 9.18 Å². The Morgan fingerprint density at radius 1 is 1.53 bits per heavy atom. The Morgan fingerprint density at radius 3 is 2.87 bits per heavy atom. The zero-order chi connectivity index (χ0) is 11.3. The second-order valence-corrected chi connectivity index (χ2v) is 4.11. The maximum absolute atomic E-state index is 13.0. The van der Waals surface area contributed by atoms with E-state index in [2.05, 4.69) is 0 Å². The van der Waals surface area contributed by atoms with Crippen LogP contribution in [0.3, 0.4) is 0 Å². The highest BCUT2D eigenvalue weighted by molar-refractivity contribution is 7.99. The van der Waals surface area contributed by atoms with Gasteiger partial charge < -0.3 is 10.8 Å². The van der Waals surface area contributed by atoms with Gasteiger partial charge in [-0.15, -0.1) is 11.8 Å². The number of thioether (sulfide) groups is 1. The van der Waals surface area contributed by atoms with Crippen molar-refractivity contribution in [1.82, 2.24) is 0 Å². The van der Waals surface area contributed by atoms with E-state index in [4.69, 9.17) is 10.8 Å². The molecule has 1 aromatic rings. The molecule has 3 N–H and O–H groups in total. The highest BCUT2D eigenvalue weighted by atomic mass is 32.2. The summed E-state index contributed by atoms with van der Waals surface area (Å²) in [6, 6.07) is 4.09. The molecule has 3 nitrogen and oxygen atoms in total. The van der Waals surface area contributed by atoms with Crippen LogP contribution in [0.15, 0.2) is 23.1 Å². The minimum atomic E-state index is -1.24. The fraction of sp³-hybridized carbons (Fsp3) is 0.300. The van der Waals surface area contributed by atoms with Crippen LogP contribution in [0.25, 0.3) is 0 Å². The van der Waals surface area contributed by atoms with Crippen LogP contribution < -0.4 is 5.73 Å². The zero-order valence-electron chi connectivity index (χ0n) is 8.07. The molecule has 0 aromatic heterocycles. The van der Waals surface area contributed by atoms with E-state index >= 15 is 0 Å². The van der Waals surface area contributed by atoms with Crippen molar-refractivity contribution in [2.75, 3.05) is 12.3 Å². The summed E-state index contributed by atoms with van der Waals surface area (Å²) in [5, 5.41) is 8.69. The smallest absolute Gasteiger partial charge is 0.338 e. The Morgan fingerprint density at radius 2 is 2.27 bits per heavy atom. The van der Waals surface area contributed by atoms with Gasteiger partial charge in [-0.1, -0.05) is 0 Å². The topological polar surface area (TPSA) is 63.3 Å². The predicted molar refractivity (Wildman–Crippen MR) is 57.8 cm³/mol. The normalized spacial score (nSPS) is 10.3. The molecule has 0 fully saturated rings. The molecular formula is C10H12FNO2S. The predicted octanol–water partition coefficient (Wildman–Crippen LogP) is 1.96. The van der Waals surface area contributed by atoms with Crippen LogP contribution in [0.2, 0.25) is 0 Å². The van der Waals surface area contributed by atoms with Gasteiger partial charge in [-0.2, -0.15) is 0 Å². The van der Waals surface area contributed by atoms with Crippen molar-refractivity contribution in [3.05, 3.63) is 29.6 Å². The number of halogens is 1. The number of benzene rings is 1. The van der Waals surface area contributed by atoms with Crippen LogP contribution in [-0.4, -0.2) is 23.4 Å². The number of carbonyl (C=O) groups is 1. The zero-order valence-corrected chi connectivity index (χ0v) is 8.89. The number of nitrogens with two attached hydrogens (primary N) is 1.